The lowest BCUT2D eigenvalue weighted by Crippen LogP contribution is -2.41. The second-order valence-corrected chi connectivity index (χ2v) is 5.81. The average Bonchev–Trinajstić information content (AvgIpc) is 2.48. The Morgan fingerprint density at radius 3 is 2.32 bits per heavy atom. The fourth-order valence-corrected chi connectivity index (χ4v) is 2.31. The van der Waals surface area contributed by atoms with Crippen LogP contribution in [0.1, 0.15) is 37.5 Å². The molecule has 0 heterocycles. The van der Waals surface area contributed by atoms with Gasteiger partial charge in [-0.05, 0) is 37.1 Å². The molecule has 116 valence electrons. The molecule has 4 heteroatoms. The topological polar surface area (TPSA) is 49.3 Å². The van der Waals surface area contributed by atoms with Gasteiger partial charge < -0.3 is 10.4 Å². The molecule has 2 aromatic rings. The van der Waals surface area contributed by atoms with E-state index in [2.05, 4.69) is 5.32 Å². The van der Waals surface area contributed by atoms with E-state index in [0.29, 0.717) is 5.56 Å². The van der Waals surface area contributed by atoms with E-state index in [1.807, 2.05) is 32.0 Å². The Kier molecular flexibility index (Phi) is 4.93. The summed E-state index contributed by atoms with van der Waals surface area (Å²) in [5.41, 5.74) is 0.870. The number of aliphatic hydroxyl groups excluding tert-OH is 1. The Morgan fingerprint density at radius 2 is 1.73 bits per heavy atom. The fraction of sp³-hybridized carbons (Fsp3) is 0.278. The van der Waals surface area contributed by atoms with E-state index >= 15 is 0 Å². The zero-order chi connectivity index (χ0) is 16.2. The van der Waals surface area contributed by atoms with Gasteiger partial charge in [0.2, 0.25) is 5.91 Å². The van der Waals surface area contributed by atoms with Gasteiger partial charge in [0.1, 0.15) is 5.82 Å². The summed E-state index contributed by atoms with van der Waals surface area (Å²) in [5.74, 6) is -0.573. The molecule has 0 spiro atoms. The van der Waals surface area contributed by atoms with Crippen molar-refractivity contribution in [1.82, 2.24) is 5.32 Å². The third-order valence-electron chi connectivity index (χ3n) is 3.58. The highest BCUT2D eigenvalue weighted by atomic mass is 19.1. The summed E-state index contributed by atoms with van der Waals surface area (Å²) < 4.78 is 13.0. The Labute approximate surface area is 129 Å². The summed E-state index contributed by atoms with van der Waals surface area (Å²) in [6, 6.07) is 15.1. The van der Waals surface area contributed by atoms with Crippen LogP contribution in [-0.2, 0) is 10.3 Å². The highest BCUT2D eigenvalue weighted by Crippen LogP contribution is 2.22. The molecule has 0 aromatic heterocycles. The predicted octanol–water partition coefficient (Wildman–Crippen LogP) is 3.30. The van der Waals surface area contributed by atoms with Gasteiger partial charge in [0.15, 0.2) is 0 Å². The molecule has 0 saturated heterocycles. The third kappa shape index (κ3) is 4.15. The number of rotatable bonds is 5. The molecule has 0 bridgehead atoms. The largest absolute Gasteiger partial charge is 0.388 e. The number of hydrogen-bond acceptors (Lipinski definition) is 2. The second-order valence-electron chi connectivity index (χ2n) is 5.81. The number of hydrogen-bond donors (Lipinski definition) is 2. The molecule has 0 saturated carbocycles. The van der Waals surface area contributed by atoms with Crippen LogP contribution >= 0.6 is 0 Å². The lowest BCUT2D eigenvalue weighted by atomic mass is 9.93. The maximum Gasteiger partial charge on any atom is 0.223 e. The highest BCUT2D eigenvalue weighted by molar-refractivity contribution is 5.77. The summed E-state index contributed by atoms with van der Waals surface area (Å²) in [5, 5.41) is 13.0. The summed E-state index contributed by atoms with van der Waals surface area (Å²) in [7, 11) is 0. The molecule has 0 aliphatic rings. The van der Waals surface area contributed by atoms with Gasteiger partial charge in [-0.3, -0.25) is 4.79 Å². The number of aliphatic hydroxyl groups is 1. The first-order valence-corrected chi connectivity index (χ1v) is 7.18. The van der Waals surface area contributed by atoms with Crippen LogP contribution in [0.5, 0.6) is 0 Å². The van der Waals surface area contributed by atoms with Gasteiger partial charge in [0, 0.05) is 0 Å². The van der Waals surface area contributed by atoms with Crippen molar-refractivity contribution in [1.29, 1.82) is 0 Å². The van der Waals surface area contributed by atoms with Crippen LogP contribution in [0.4, 0.5) is 4.39 Å². The third-order valence-corrected chi connectivity index (χ3v) is 3.58. The van der Waals surface area contributed by atoms with Gasteiger partial charge in [-0.15, -0.1) is 0 Å². The minimum atomic E-state index is -0.842. The smallest absolute Gasteiger partial charge is 0.223 e. The minimum Gasteiger partial charge on any atom is -0.388 e. The normalized spacial score (nSPS) is 12.7. The molecule has 2 aromatic carbocycles. The standard InChI is InChI=1S/C18H20FNO2/c1-18(2,14-8-10-15(19)11-9-14)20-17(22)12-16(21)13-6-4-3-5-7-13/h3-11,16,21H,12H2,1-2H3,(H,20,22). The second kappa shape index (κ2) is 6.71. The van der Waals surface area contributed by atoms with Gasteiger partial charge in [0.25, 0.3) is 0 Å². The van der Waals surface area contributed by atoms with Crippen molar-refractivity contribution in [2.75, 3.05) is 0 Å². The Balaban J connectivity index is 2.00. The van der Waals surface area contributed by atoms with Gasteiger partial charge >= 0.3 is 0 Å². The van der Waals surface area contributed by atoms with Gasteiger partial charge in [0.05, 0.1) is 18.1 Å². The molecule has 22 heavy (non-hydrogen) atoms. The molecule has 0 fully saturated rings. The molecule has 1 atom stereocenters. The van der Waals surface area contributed by atoms with E-state index in [1.165, 1.54) is 12.1 Å². The Hall–Kier alpha value is -2.20. The van der Waals surface area contributed by atoms with Gasteiger partial charge in [-0.2, -0.15) is 0 Å². The van der Waals surface area contributed by atoms with E-state index in [-0.39, 0.29) is 18.1 Å². The number of carbonyl (C=O) groups excluding carboxylic acids is 1. The van der Waals surface area contributed by atoms with E-state index in [1.54, 1.807) is 24.3 Å². The maximum absolute atomic E-state index is 13.0. The van der Waals surface area contributed by atoms with E-state index in [9.17, 15) is 14.3 Å². The molecule has 2 rings (SSSR count). The molecule has 1 amide bonds. The van der Waals surface area contributed by atoms with Crippen molar-refractivity contribution in [2.45, 2.75) is 31.9 Å². The van der Waals surface area contributed by atoms with Gasteiger partial charge in [-0.25, -0.2) is 4.39 Å². The van der Waals surface area contributed by atoms with Crippen molar-refractivity contribution < 1.29 is 14.3 Å². The Bertz CT molecular complexity index is 623. The molecule has 3 nitrogen and oxygen atoms in total. The first-order chi connectivity index (χ1) is 10.4. The molecular weight excluding hydrogens is 281 g/mol. The highest BCUT2D eigenvalue weighted by Gasteiger charge is 2.24. The lowest BCUT2D eigenvalue weighted by molar-refractivity contribution is -0.124. The number of nitrogens with one attached hydrogen (secondary N) is 1. The fourth-order valence-electron chi connectivity index (χ4n) is 2.31. The van der Waals surface area contributed by atoms with Crippen molar-refractivity contribution in [2.24, 2.45) is 0 Å². The van der Waals surface area contributed by atoms with Crippen LogP contribution in [0, 0.1) is 5.82 Å². The number of halogens is 1. The molecular formula is C18H20FNO2. The van der Waals surface area contributed by atoms with Crippen LogP contribution in [0.2, 0.25) is 0 Å². The summed E-state index contributed by atoms with van der Waals surface area (Å²) >= 11 is 0. The Morgan fingerprint density at radius 1 is 1.14 bits per heavy atom. The molecule has 0 radical (unpaired) electrons. The predicted molar refractivity (Wildman–Crippen MR) is 83.6 cm³/mol. The quantitative estimate of drug-likeness (QED) is 0.890. The number of carbonyl (C=O) groups is 1. The molecule has 0 aliphatic heterocycles. The molecule has 1 unspecified atom stereocenters. The van der Waals surface area contributed by atoms with Crippen LogP contribution < -0.4 is 5.32 Å². The first kappa shape index (κ1) is 16.2. The van der Waals surface area contributed by atoms with Crippen LogP contribution in [-0.4, -0.2) is 11.0 Å². The SMILES string of the molecule is CC(C)(NC(=O)CC(O)c1ccccc1)c1ccc(F)cc1. The summed E-state index contributed by atoms with van der Waals surface area (Å²) in [4.78, 5) is 12.1. The van der Waals surface area contributed by atoms with E-state index < -0.39 is 11.6 Å². The molecule has 0 aliphatic carbocycles. The van der Waals surface area contributed by atoms with Crippen LogP contribution in [0.3, 0.4) is 0 Å². The zero-order valence-corrected chi connectivity index (χ0v) is 12.7. The van der Waals surface area contributed by atoms with Crippen LogP contribution in [0.15, 0.2) is 54.6 Å². The summed E-state index contributed by atoms with van der Waals surface area (Å²) in [6.07, 6.45) is -0.862. The van der Waals surface area contributed by atoms with E-state index in [4.69, 9.17) is 0 Å². The summed E-state index contributed by atoms with van der Waals surface area (Å²) in [6.45, 7) is 3.68. The monoisotopic (exact) mass is 301 g/mol. The van der Waals surface area contributed by atoms with Crippen molar-refractivity contribution in [3.05, 3.63) is 71.5 Å². The van der Waals surface area contributed by atoms with Crippen LogP contribution in [0.25, 0.3) is 0 Å². The van der Waals surface area contributed by atoms with Crippen molar-refractivity contribution in [3.63, 3.8) is 0 Å². The molecule has 2 N–H and O–H groups in total. The van der Waals surface area contributed by atoms with Crippen molar-refractivity contribution >= 4 is 5.91 Å². The van der Waals surface area contributed by atoms with Gasteiger partial charge in [-0.1, -0.05) is 42.5 Å². The average molecular weight is 301 g/mol. The van der Waals surface area contributed by atoms with E-state index in [0.717, 1.165) is 5.56 Å². The first-order valence-electron chi connectivity index (χ1n) is 7.18. The van der Waals surface area contributed by atoms with Crippen molar-refractivity contribution in [3.8, 4) is 0 Å². The zero-order valence-electron chi connectivity index (χ0n) is 12.7. The number of benzene rings is 2. The maximum atomic E-state index is 13.0. The minimum absolute atomic E-state index is 0.0192. The lowest BCUT2D eigenvalue weighted by Gasteiger charge is -2.27. The number of amides is 1.